The molecule has 82 valence electrons. The quantitative estimate of drug-likeness (QED) is 0.711. The van der Waals surface area contributed by atoms with E-state index in [2.05, 4.69) is 5.10 Å². The van der Waals surface area contributed by atoms with Crippen molar-refractivity contribution in [3.05, 3.63) is 17.5 Å². The number of rotatable bonds is 3. The van der Waals surface area contributed by atoms with E-state index < -0.39 is 0 Å². The molecule has 0 spiro atoms. The molecule has 0 unspecified atom stereocenters. The zero-order valence-electron chi connectivity index (χ0n) is 9.28. The van der Waals surface area contributed by atoms with Gasteiger partial charge >= 0.3 is 0 Å². The summed E-state index contributed by atoms with van der Waals surface area (Å²) in [6, 6.07) is 1.92. The molecule has 1 aliphatic rings. The third-order valence-corrected chi connectivity index (χ3v) is 3.34. The van der Waals surface area contributed by atoms with E-state index in [4.69, 9.17) is 0 Å². The second kappa shape index (κ2) is 4.60. The average Bonchev–Trinajstić information content (AvgIpc) is 2.61. The number of aromatic nitrogens is 2. The van der Waals surface area contributed by atoms with Crippen LogP contribution in [0.2, 0.25) is 0 Å². The summed E-state index contributed by atoms with van der Waals surface area (Å²) in [6.07, 6.45) is 8.69. The molecule has 0 amide bonds. The van der Waals surface area contributed by atoms with Crippen molar-refractivity contribution in [1.29, 1.82) is 0 Å². The largest absolute Gasteiger partial charge is 0.296 e. The van der Waals surface area contributed by atoms with E-state index in [9.17, 15) is 4.79 Å². The third kappa shape index (κ3) is 2.46. The standard InChI is InChI=1S/C12H18N2O/c1-14-12(8-11(9-15)13-14)7-10-5-3-2-4-6-10/h8-10H,2-7H2,1H3. The predicted octanol–water partition coefficient (Wildman–Crippen LogP) is 2.36. The van der Waals surface area contributed by atoms with Gasteiger partial charge in [-0.25, -0.2) is 0 Å². The van der Waals surface area contributed by atoms with Crippen LogP contribution in [0.25, 0.3) is 0 Å². The van der Waals surface area contributed by atoms with E-state index in [0.717, 1.165) is 18.6 Å². The fraction of sp³-hybridized carbons (Fsp3) is 0.667. The minimum atomic E-state index is 0.559. The van der Waals surface area contributed by atoms with Gasteiger partial charge < -0.3 is 0 Å². The van der Waals surface area contributed by atoms with Crippen LogP contribution in [0.4, 0.5) is 0 Å². The molecule has 0 saturated heterocycles. The van der Waals surface area contributed by atoms with Crippen molar-refractivity contribution in [3.8, 4) is 0 Å². The van der Waals surface area contributed by atoms with Crippen LogP contribution in [0.3, 0.4) is 0 Å². The lowest BCUT2D eigenvalue weighted by atomic mass is 9.86. The lowest BCUT2D eigenvalue weighted by molar-refractivity contribution is 0.111. The molecule has 0 bridgehead atoms. The molecule has 3 heteroatoms. The van der Waals surface area contributed by atoms with E-state index in [-0.39, 0.29) is 0 Å². The van der Waals surface area contributed by atoms with Crippen molar-refractivity contribution in [2.24, 2.45) is 13.0 Å². The van der Waals surface area contributed by atoms with Gasteiger partial charge in [-0.2, -0.15) is 5.10 Å². The average molecular weight is 206 g/mol. The first-order valence-electron chi connectivity index (χ1n) is 5.77. The Hall–Kier alpha value is -1.12. The smallest absolute Gasteiger partial charge is 0.170 e. The fourth-order valence-electron chi connectivity index (χ4n) is 2.47. The number of hydrogen-bond acceptors (Lipinski definition) is 2. The molecule has 1 heterocycles. The molecule has 0 N–H and O–H groups in total. The summed E-state index contributed by atoms with van der Waals surface area (Å²) in [6.45, 7) is 0. The van der Waals surface area contributed by atoms with E-state index in [1.165, 1.54) is 37.8 Å². The van der Waals surface area contributed by atoms with Gasteiger partial charge in [0.2, 0.25) is 0 Å². The lowest BCUT2D eigenvalue weighted by Gasteiger charge is -2.21. The monoisotopic (exact) mass is 206 g/mol. The molecular weight excluding hydrogens is 188 g/mol. The molecule has 0 radical (unpaired) electrons. The Kier molecular flexibility index (Phi) is 3.19. The summed E-state index contributed by atoms with van der Waals surface area (Å²) in [4.78, 5) is 10.6. The first-order chi connectivity index (χ1) is 7.29. The molecule has 1 saturated carbocycles. The van der Waals surface area contributed by atoms with Gasteiger partial charge in [0.15, 0.2) is 6.29 Å². The van der Waals surface area contributed by atoms with Crippen LogP contribution in [-0.2, 0) is 13.5 Å². The van der Waals surface area contributed by atoms with E-state index >= 15 is 0 Å². The van der Waals surface area contributed by atoms with Gasteiger partial charge in [-0.05, 0) is 18.4 Å². The van der Waals surface area contributed by atoms with Gasteiger partial charge in [0, 0.05) is 12.7 Å². The van der Waals surface area contributed by atoms with Gasteiger partial charge in [-0.3, -0.25) is 9.48 Å². The van der Waals surface area contributed by atoms with Crippen LogP contribution in [0, 0.1) is 5.92 Å². The Morgan fingerprint density at radius 2 is 2.20 bits per heavy atom. The summed E-state index contributed by atoms with van der Waals surface area (Å²) >= 11 is 0. The Labute approximate surface area is 90.5 Å². The molecule has 0 aliphatic heterocycles. The van der Waals surface area contributed by atoms with E-state index in [1.807, 2.05) is 17.8 Å². The summed E-state index contributed by atoms with van der Waals surface area (Å²) in [5.41, 5.74) is 1.76. The summed E-state index contributed by atoms with van der Waals surface area (Å²) in [5, 5.41) is 4.14. The van der Waals surface area contributed by atoms with Crippen LogP contribution in [0.1, 0.15) is 48.3 Å². The highest BCUT2D eigenvalue weighted by Crippen LogP contribution is 2.26. The highest BCUT2D eigenvalue weighted by molar-refractivity contribution is 5.71. The Morgan fingerprint density at radius 1 is 1.47 bits per heavy atom. The van der Waals surface area contributed by atoms with Gasteiger partial charge in [0.05, 0.1) is 0 Å². The fourth-order valence-corrected chi connectivity index (χ4v) is 2.47. The normalized spacial score (nSPS) is 17.9. The van der Waals surface area contributed by atoms with Gasteiger partial charge in [0.25, 0.3) is 0 Å². The maximum Gasteiger partial charge on any atom is 0.170 e. The molecule has 1 aliphatic carbocycles. The van der Waals surface area contributed by atoms with Crippen molar-refractivity contribution in [2.75, 3.05) is 0 Å². The molecule has 3 nitrogen and oxygen atoms in total. The molecule has 0 atom stereocenters. The van der Waals surface area contributed by atoms with Gasteiger partial charge in [-0.1, -0.05) is 32.1 Å². The van der Waals surface area contributed by atoms with Crippen molar-refractivity contribution in [1.82, 2.24) is 9.78 Å². The molecule has 1 aromatic heterocycles. The molecule has 1 aromatic rings. The number of nitrogens with zero attached hydrogens (tertiary/aromatic N) is 2. The lowest BCUT2D eigenvalue weighted by Crippen LogP contribution is -2.11. The second-order valence-corrected chi connectivity index (χ2v) is 4.51. The Morgan fingerprint density at radius 3 is 2.80 bits per heavy atom. The van der Waals surface area contributed by atoms with Crippen molar-refractivity contribution < 1.29 is 4.79 Å². The maximum atomic E-state index is 10.6. The van der Waals surface area contributed by atoms with Crippen LogP contribution in [0.5, 0.6) is 0 Å². The first-order valence-corrected chi connectivity index (χ1v) is 5.77. The zero-order chi connectivity index (χ0) is 10.7. The van der Waals surface area contributed by atoms with Crippen LogP contribution in [-0.4, -0.2) is 16.1 Å². The highest BCUT2D eigenvalue weighted by Gasteiger charge is 2.16. The molecule has 2 rings (SSSR count). The number of hydrogen-bond donors (Lipinski definition) is 0. The number of carbonyl (C=O) groups is 1. The Balaban J connectivity index is 2.02. The highest BCUT2D eigenvalue weighted by atomic mass is 16.1. The first kappa shape index (κ1) is 10.4. The summed E-state index contributed by atoms with van der Waals surface area (Å²) in [7, 11) is 1.92. The van der Waals surface area contributed by atoms with Crippen LogP contribution in [0.15, 0.2) is 6.07 Å². The van der Waals surface area contributed by atoms with Crippen molar-refractivity contribution >= 4 is 6.29 Å². The summed E-state index contributed by atoms with van der Waals surface area (Å²) in [5.74, 6) is 0.800. The molecule has 1 fully saturated rings. The number of aldehydes is 1. The SMILES string of the molecule is Cn1nc(C=O)cc1CC1CCCCC1. The summed E-state index contributed by atoms with van der Waals surface area (Å²) < 4.78 is 1.85. The van der Waals surface area contributed by atoms with Crippen LogP contribution < -0.4 is 0 Å². The van der Waals surface area contributed by atoms with Gasteiger partial charge in [0.1, 0.15) is 5.69 Å². The minimum absolute atomic E-state index is 0.559. The Bertz CT molecular complexity index is 337. The molecule has 15 heavy (non-hydrogen) atoms. The van der Waals surface area contributed by atoms with Crippen molar-refractivity contribution in [2.45, 2.75) is 38.5 Å². The minimum Gasteiger partial charge on any atom is -0.296 e. The zero-order valence-corrected chi connectivity index (χ0v) is 9.28. The molecule has 0 aromatic carbocycles. The number of aryl methyl sites for hydroxylation is 1. The maximum absolute atomic E-state index is 10.6. The number of carbonyl (C=O) groups excluding carboxylic acids is 1. The third-order valence-electron chi connectivity index (χ3n) is 3.34. The van der Waals surface area contributed by atoms with Crippen molar-refractivity contribution in [3.63, 3.8) is 0 Å². The predicted molar refractivity (Wildman–Crippen MR) is 58.9 cm³/mol. The van der Waals surface area contributed by atoms with Gasteiger partial charge in [-0.15, -0.1) is 0 Å². The van der Waals surface area contributed by atoms with E-state index in [1.54, 1.807) is 0 Å². The molecular formula is C12H18N2O. The van der Waals surface area contributed by atoms with Crippen LogP contribution >= 0.6 is 0 Å². The topological polar surface area (TPSA) is 34.9 Å². The second-order valence-electron chi connectivity index (χ2n) is 4.51. The van der Waals surface area contributed by atoms with E-state index in [0.29, 0.717) is 5.69 Å².